The van der Waals surface area contributed by atoms with Crippen LogP contribution >= 0.6 is 37.9 Å². The molecule has 1 N–H and O–H groups in total. The van der Waals surface area contributed by atoms with E-state index in [0.29, 0.717) is 0 Å². The summed E-state index contributed by atoms with van der Waals surface area (Å²) in [6.45, 7) is 1.62. The first-order chi connectivity index (χ1) is 3.89. The van der Waals surface area contributed by atoms with Crippen molar-refractivity contribution in [2.24, 2.45) is 0 Å². The van der Waals surface area contributed by atoms with Gasteiger partial charge in [0, 0.05) is 5.25 Å². The van der Waals surface area contributed by atoms with Crippen LogP contribution in [0.4, 0.5) is 0 Å². The third kappa shape index (κ3) is 2.31. The van der Waals surface area contributed by atoms with Gasteiger partial charge >= 0.3 is 5.97 Å². The summed E-state index contributed by atoms with van der Waals surface area (Å²) in [5.41, 5.74) is 0. The molecule has 0 aromatic rings. The topological polar surface area (TPSA) is 37.3 Å². The predicted octanol–water partition coefficient (Wildman–Crippen LogP) is 0.945. The van der Waals surface area contributed by atoms with Crippen molar-refractivity contribution in [2.75, 3.05) is 0 Å². The molecule has 0 aliphatic carbocycles. The van der Waals surface area contributed by atoms with Gasteiger partial charge in [-0.3, -0.25) is 0 Å². The highest BCUT2D eigenvalue weighted by atomic mass is 32.2. The van der Waals surface area contributed by atoms with E-state index in [1.807, 2.05) is 0 Å². The molecule has 9 heavy (non-hydrogen) atoms. The summed E-state index contributed by atoms with van der Waals surface area (Å²) in [6, 6.07) is 0. The van der Waals surface area contributed by atoms with Crippen LogP contribution in [-0.2, 0) is 4.79 Å². The lowest BCUT2D eigenvalue weighted by atomic mass is 10.3. The van der Waals surface area contributed by atoms with Gasteiger partial charge in [0.2, 0.25) is 0 Å². The molecule has 0 aliphatic heterocycles. The maximum atomic E-state index is 10.3. The average Bonchev–Trinajstić information content (AvgIpc) is 1.65. The lowest BCUT2D eigenvalue weighted by Gasteiger charge is -2.19. The number of rotatable bonds is 2. The Labute approximate surface area is 70.3 Å². The first-order valence-corrected chi connectivity index (χ1v) is 3.66. The van der Waals surface area contributed by atoms with Gasteiger partial charge in [-0.05, 0) is 0 Å². The van der Waals surface area contributed by atoms with Crippen LogP contribution in [-0.4, -0.2) is 20.4 Å². The van der Waals surface area contributed by atoms with Crippen molar-refractivity contribution in [3.05, 3.63) is 0 Å². The molecule has 0 saturated heterocycles. The predicted molar refractivity (Wildman–Crippen MR) is 46.8 cm³/mol. The van der Waals surface area contributed by atoms with Crippen LogP contribution in [0, 0.1) is 0 Å². The zero-order valence-corrected chi connectivity index (χ0v) is 7.46. The number of carboxylic acid groups (broad SMARTS) is 1. The number of carboxylic acids is 1. The molecule has 0 fully saturated rings. The van der Waals surface area contributed by atoms with Crippen molar-refractivity contribution in [1.82, 2.24) is 0 Å². The summed E-state index contributed by atoms with van der Waals surface area (Å²) >= 11 is 11.4. The summed E-state index contributed by atoms with van der Waals surface area (Å²) in [5.74, 6) is -1.07. The van der Waals surface area contributed by atoms with Crippen molar-refractivity contribution >= 4 is 43.9 Å². The lowest BCUT2D eigenvalue weighted by molar-refractivity contribution is -0.137. The Morgan fingerprint density at radius 2 is 2.00 bits per heavy atom. The average molecular weight is 184 g/mol. The maximum Gasteiger partial charge on any atom is 0.330 e. The van der Waals surface area contributed by atoms with Gasteiger partial charge < -0.3 is 5.11 Å². The van der Waals surface area contributed by atoms with Gasteiger partial charge in [0.05, 0.1) is 0 Å². The summed E-state index contributed by atoms with van der Waals surface area (Å²) in [6.07, 6.45) is 0. The number of hydrogen-bond donors (Lipinski definition) is 4. The first kappa shape index (κ1) is 9.52. The Hall–Kier alpha value is 0.520. The van der Waals surface area contributed by atoms with E-state index in [-0.39, 0.29) is 5.25 Å². The molecular formula is C4H8O2S3. The van der Waals surface area contributed by atoms with Crippen LogP contribution in [0.2, 0.25) is 0 Å². The smallest absolute Gasteiger partial charge is 0.330 e. The van der Waals surface area contributed by atoms with Crippen LogP contribution < -0.4 is 0 Å². The van der Waals surface area contributed by atoms with E-state index in [1.165, 1.54) is 0 Å². The van der Waals surface area contributed by atoms with Crippen molar-refractivity contribution in [1.29, 1.82) is 0 Å². The van der Waals surface area contributed by atoms with Crippen molar-refractivity contribution in [3.63, 3.8) is 0 Å². The van der Waals surface area contributed by atoms with Gasteiger partial charge in [0.25, 0.3) is 0 Å². The van der Waals surface area contributed by atoms with Crippen LogP contribution in [0.15, 0.2) is 0 Å². The molecule has 0 bridgehead atoms. The second kappa shape index (κ2) is 3.07. The van der Waals surface area contributed by atoms with E-state index in [2.05, 4.69) is 37.9 Å². The molecule has 0 rings (SSSR count). The fourth-order valence-electron chi connectivity index (χ4n) is 0.179. The largest absolute Gasteiger partial charge is 0.480 e. The standard InChI is InChI=1S/C4H8O2S3/c1-2(7)4(8,9)3(5)6/h2,7-9H,1H3,(H,5,6). The van der Waals surface area contributed by atoms with E-state index >= 15 is 0 Å². The summed E-state index contributed by atoms with van der Waals surface area (Å²) in [5, 5.41) is 8.02. The minimum Gasteiger partial charge on any atom is -0.480 e. The van der Waals surface area contributed by atoms with Crippen molar-refractivity contribution in [3.8, 4) is 0 Å². The second-order valence-corrected chi connectivity index (χ2v) is 4.25. The highest BCUT2D eigenvalue weighted by molar-refractivity contribution is 8.03. The van der Waals surface area contributed by atoms with E-state index in [0.717, 1.165) is 0 Å². The number of carbonyl (C=O) groups is 1. The molecular weight excluding hydrogens is 176 g/mol. The molecule has 0 aromatic heterocycles. The number of aliphatic carboxylic acids is 1. The molecule has 0 heterocycles. The third-order valence-corrected chi connectivity index (χ3v) is 2.85. The second-order valence-electron chi connectivity index (χ2n) is 1.71. The normalized spacial score (nSPS) is 15.1. The van der Waals surface area contributed by atoms with E-state index in [1.54, 1.807) is 6.92 Å². The molecule has 0 aliphatic rings. The van der Waals surface area contributed by atoms with Gasteiger partial charge in [-0.25, -0.2) is 4.79 Å². The summed E-state index contributed by atoms with van der Waals surface area (Å²) in [7, 11) is 0. The molecule has 5 heteroatoms. The zero-order valence-electron chi connectivity index (χ0n) is 4.77. The van der Waals surface area contributed by atoms with Gasteiger partial charge in [0.15, 0.2) is 4.08 Å². The van der Waals surface area contributed by atoms with E-state index in [9.17, 15) is 4.79 Å². The highest BCUT2D eigenvalue weighted by Crippen LogP contribution is 2.27. The maximum absolute atomic E-state index is 10.3. The molecule has 0 amide bonds. The van der Waals surface area contributed by atoms with E-state index < -0.39 is 10.0 Å². The summed E-state index contributed by atoms with van der Waals surface area (Å²) in [4.78, 5) is 10.3. The Bertz CT molecular complexity index is 121. The molecule has 1 atom stereocenters. The van der Waals surface area contributed by atoms with Crippen LogP contribution in [0.3, 0.4) is 0 Å². The molecule has 2 nitrogen and oxygen atoms in total. The molecule has 0 spiro atoms. The Balaban J connectivity index is 4.19. The van der Waals surface area contributed by atoms with E-state index in [4.69, 9.17) is 5.11 Å². The lowest BCUT2D eigenvalue weighted by Crippen LogP contribution is -2.34. The Morgan fingerprint density at radius 3 is 2.00 bits per heavy atom. The molecule has 0 radical (unpaired) electrons. The quantitative estimate of drug-likeness (QED) is 0.381. The fraction of sp³-hybridized carbons (Fsp3) is 0.750. The van der Waals surface area contributed by atoms with Crippen LogP contribution in [0.25, 0.3) is 0 Å². The van der Waals surface area contributed by atoms with Crippen molar-refractivity contribution in [2.45, 2.75) is 16.3 Å². The minimum absolute atomic E-state index is 0.387. The molecule has 1 unspecified atom stereocenters. The number of hydrogen-bond acceptors (Lipinski definition) is 4. The monoisotopic (exact) mass is 184 g/mol. The van der Waals surface area contributed by atoms with Gasteiger partial charge in [-0.2, -0.15) is 12.6 Å². The highest BCUT2D eigenvalue weighted by Gasteiger charge is 2.34. The third-order valence-electron chi connectivity index (χ3n) is 0.897. The van der Waals surface area contributed by atoms with Gasteiger partial charge in [-0.1, -0.05) is 6.92 Å². The van der Waals surface area contributed by atoms with Crippen LogP contribution in [0.5, 0.6) is 0 Å². The SMILES string of the molecule is CC(S)C(S)(S)C(=O)O. The minimum atomic E-state index is -1.33. The fourth-order valence-corrected chi connectivity index (χ4v) is 0.289. The molecule has 54 valence electrons. The number of thiol groups is 3. The van der Waals surface area contributed by atoms with Gasteiger partial charge in [0.1, 0.15) is 0 Å². The Morgan fingerprint density at radius 1 is 1.67 bits per heavy atom. The zero-order chi connectivity index (χ0) is 7.65. The Kier molecular flexibility index (Phi) is 3.25. The van der Waals surface area contributed by atoms with Crippen molar-refractivity contribution < 1.29 is 9.90 Å². The molecule has 0 saturated carbocycles. The molecule has 0 aromatic carbocycles. The van der Waals surface area contributed by atoms with Gasteiger partial charge in [-0.15, -0.1) is 25.3 Å². The first-order valence-electron chi connectivity index (χ1n) is 2.25. The summed E-state index contributed by atoms with van der Waals surface area (Å²) < 4.78 is -1.33. The van der Waals surface area contributed by atoms with Crippen LogP contribution in [0.1, 0.15) is 6.92 Å².